The van der Waals surface area contributed by atoms with Gasteiger partial charge in [0.1, 0.15) is 11.6 Å². The fraction of sp³-hybridized carbons (Fsp3) is 0.296. The Balaban J connectivity index is 1.29. The van der Waals surface area contributed by atoms with Crippen LogP contribution in [0.2, 0.25) is 0 Å². The van der Waals surface area contributed by atoms with Crippen LogP contribution in [-0.2, 0) is 6.42 Å². The average Bonchev–Trinajstić information content (AvgIpc) is 3.32. The van der Waals surface area contributed by atoms with E-state index in [1.54, 1.807) is 12.1 Å². The zero-order chi connectivity index (χ0) is 22.8. The number of anilines is 2. The molecule has 170 valence electrons. The molecule has 0 radical (unpaired) electrons. The first-order chi connectivity index (χ1) is 16.1. The Morgan fingerprint density at radius 3 is 2.61 bits per heavy atom. The van der Waals surface area contributed by atoms with E-state index in [4.69, 9.17) is 4.74 Å². The molecular weight excluding hydrogens is 417 g/mol. The third kappa shape index (κ3) is 4.57. The van der Waals surface area contributed by atoms with E-state index in [1.807, 2.05) is 41.3 Å². The molecule has 0 unspecified atom stereocenters. The van der Waals surface area contributed by atoms with E-state index in [1.165, 1.54) is 11.6 Å². The fourth-order valence-electron chi connectivity index (χ4n) is 4.56. The van der Waals surface area contributed by atoms with E-state index in [0.29, 0.717) is 16.9 Å². The Kier molecular flexibility index (Phi) is 6.01. The van der Waals surface area contributed by atoms with Gasteiger partial charge in [0.05, 0.1) is 12.3 Å². The Bertz CT molecular complexity index is 1170. The van der Waals surface area contributed by atoms with Gasteiger partial charge < -0.3 is 19.9 Å². The SMILES string of the molecule is CCN1CCN(c2ccc(C(=O)Nc3cccc(-c4ccc5c(c4)CCO5)c3)cc2F)CC1. The molecule has 0 aliphatic carbocycles. The molecule has 0 spiro atoms. The molecule has 0 bridgehead atoms. The fourth-order valence-corrected chi connectivity index (χ4v) is 4.56. The Labute approximate surface area is 193 Å². The Hall–Kier alpha value is -3.38. The smallest absolute Gasteiger partial charge is 0.255 e. The predicted molar refractivity (Wildman–Crippen MR) is 130 cm³/mol. The first-order valence-corrected chi connectivity index (χ1v) is 11.5. The van der Waals surface area contributed by atoms with Gasteiger partial charge in [-0.2, -0.15) is 0 Å². The second-order valence-electron chi connectivity index (χ2n) is 8.54. The number of amides is 1. The first-order valence-electron chi connectivity index (χ1n) is 11.5. The summed E-state index contributed by atoms with van der Waals surface area (Å²) in [6.07, 6.45) is 0.912. The monoisotopic (exact) mass is 445 g/mol. The number of rotatable bonds is 5. The zero-order valence-corrected chi connectivity index (χ0v) is 18.8. The molecule has 1 saturated heterocycles. The molecule has 0 aromatic heterocycles. The van der Waals surface area contributed by atoms with Crippen LogP contribution in [0.1, 0.15) is 22.8 Å². The lowest BCUT2D eigenvalue weighted by Gasteiger charge is -2.35. The van der Waals surface area contributed by atoms with Crippen LogP contribution in [0.3, 0.4) is 0 Å². The van der Waals surface area contributed by atoms with Gasteiger partial charge in [-0.1, -0.05) is 25.1 Å². The highest BCUT2D eigenvalue weighted by molar-refractivity contribution is 6.04. The number of halogens is 1. The normalized spacial score (nSPS) is 15.8. The topological polar surface area (TPSA) is 44.8 Å². The lowest BCUT2D eigenvalue weighted by molar-refractivity contribution is 0.102. The van der Waals surface area contributed by atoms with Crippen molar-refractivity contribution in [1.82, 2.24) is 4.90 Å². The standard InChI is InChI=1S/C27H28FN3O2/c1-2-30-11-13-31(14-12-30)25-8-6-22(18-24(25)28)27(32)29-23-5-3-4-19(17-23)20-7-9-26-21(16-20)10-15-33-26/h3-9,16-18H,2,10-15H2,1H3,(H,29,32). The van der Waals surface area contributed by atoms with Crippen molar-refractivity contribution in [3.63, 3.8) is 0 Å². The van der Waals surface area contributed by atoms with Gasteiger partial charge in [0.15, 0.2) is 0 Å². The van der Waals surface area contributed by atoms with Gasteiger partial charge in [-0.3, -0.25) is 4.79 Å². The minimum atomic E-state index is -0.360. The number of carbonyl (C=O) groups is 1. The Morgan fingerprint density at radius 1 is 1.00 bits per heavy atom. The van der Waals surface area contributed by atoms with Gasteiger partial charge in [0.25, 0.3) is 5.91 Å². The van der Waals surface area contributed by atoms with Crippen molar-refractivity contribution in [2.45, 2.75) is 13.3 Å². The second-order valence-corrected chi connectivity index (χ2v) is 8.54. The van der Waals surface area contributed by atoms with Crippen molar-refractivity contribution in [1.29, 1.82) is 0 Å². The number of hydrogen-bond acceptors (Lipinski definition) is 4. The van der Waals surface area contributed by atoms with Crippen molar-refractivity contribution in [3.8, 4) is 16.9 Å². The van der Waals surface area contributed by atoms with Gasteiger partial charge >= 0.3 is 0 Å². The summed E-state index contributed by atoms with van der Waals surface area (Å²) in [6, 6.07) is 18.6. The van der Waals surface area contributed by atoms with Crippen molar-refractivity contribution >= 4 is 17.3 Å². The molecular formula is C27H28FN3O2. The lowest BCUT2D eigenvalue weighted by Crippen LogP contribution is -2.46. The van der Waals surface area contributed by atoms with E-state index in [0.717, 1.165) is 62.6 Å². The molecule has 1 fully saturated rings. The molecule has 0 saturated carbocycles. The molecule has 33 heavy (non-hydrogen) atoms. The summed E-state index contributed by atoms with van der Waals surface area (Å²) in [7, 11) is 0. The van der Waals surface area contributed by atoms with E-state index in [-0.39, 0.29) is 11.7 Å². The highest BCUT2D eigenvalue weighted by Crippen LogP contribution is 2.31. The second kappa shape index (κ2) is 9.24. The number of carbonyl (C=O) groups excluding carboxylic acids is 1. The number of nitrogens with zero attached hydrogens (tertiary/aromatic N) is 2. The van der Waals surface area contributed by atoms with E-state index >= 15 is 0 Å². The van der Waals surface area contributed by atoms with Crippen molar-refractivity contribution in [3.05, 3.63) is 77.6 Å². The number of ether oxygens (including phenoxy) is 1. The van der Waals surface area contributed by atoms with Crippen molar-refractivity contribution < 1.29 is 13.9 Å². The summed E-state index contributed by atoms with van der Waals surface area (Å²) in [6.45, 7) is 7.30. The number of hydrogen-bond donors (Lipinski definition) is 1. The maximum atomic E-state index is 14.9. The van der Waals surface area contributed by atoms with Crippen LogP contribution in [0, 0.1) is 5.82 Å². The predicted octanol–water partition coefficient (Wildman–Crippen LogP) is 4.82. The molecule has 2 aliphatic rings. The highest BCUT2D eigenvalue weighted by atomic mass is 19.1. The average molecular weight is 446 g/mol. The highest BCUT2D eigenvalue weighted by Gasteiger charge is 2.20. The molecule has 0 atom stereocenters. The third-order valence-electron chi connectivity index (χ3n) is 6.51. The van der Waals surface area contributed by atoms with Crippen LogP contribution in [0.4, 0.5) is 15.8 Å². The maximum Gasteiger partial charge on any atom is 0.255 e. The van der Waals surface area contributed by atoms with E-state index in [9.17, 15) is 9.18 Å². The molecule has 3 aromatic rings. The molecule has 3 aromatic carbocycles. The maximum absolute atomic E-state index is 14.9. The summed E-state index contributed by atoms with van der Waals surface area (Å²) in [5.41, 5.74) is 4.83. The number of likely N-dealkylation sites (N-methyl/N-ethyl adjacent to an activating group) is 1. The molecule has 5 nitrogen and oxygen atoms in total. The van der Waals surface area contributed by atoms with Gasteiger partial charge in [-0.05, 0) is 65.7 Å². The van der Waals surface area contributed by atoms with Crippen LogP contribution >= 0.6 is 0 Å². The summed E-state index contributed by atoms with van der Waals surface area (Å²) < 4.78 is 20.5. The summed E-state index contributed by atoms with van der Waals surface area (Å²) >= 11 is 0. The number of fused-ring (bicyclic) bond motifs is 1. The minimum absolute atomic E-state index is 0.309. The number of nitrogens with one attached hydrogen (secondary N) is 1. The van der Waals surface area contributed by atoms with E-state index < -0.39 is 0 Å². The minimum Gasteiger partial charge on any atom is -0.493 e. The van der Waals surface area contributed by atoms with Gasteiger partial charge in [-0.15, -0.1) is 0 Å². The van der Waals surface area contributed by atoms with Gasteiger partial charge in [-0.25, -0.2) is 4.39 Å². The molecule has 2 aliphatic heterocycles. The summed E-state index contributed by atoms with van der Waals surface area (Å²) in [5, 5.41) is 2.91. The van der Waals surface area contributed by atoms with Crippen LogP contribution < -0.4 is 15.0 Å². The van der Waals surface area contributed by atoms with Crippen molar-refractivity contribution in [2.24, 2.45) is 0 Å². The third-order valence-corrected chi connectivity index (χ3v) is 6.51. The van der Waals surface area contributed by atoms with Crippen LogP contribution in [0.25, 0.3) is 11.1 Å². The van der Waals surface area contributed by atoms with Crippen LogP contribution in [0.15, 0.2) is 60.7 Å². The quantitative estimate of drug-likeness (QED) is 0.612. The number of benzene rings is 3. The van der Waals surface area contributed by atoms with Gasteiger partial charge in [0, 0.05) is 43.9 Å². The van der Waals surface area contributed by atoms with Crippen molar-refractivity contribution in [2.75, 3.05) is 49.5 Å². The summed E-state index contributed by atoms with van der Waals surface area (Å²) in [5.74, 6) is 0.262. The lowest BCUT2D eigenvalue weighted by atomic mass is 10.0. The number of piperazine rings is 1. The molecule has 5 rings (SSSR count). The largest absolute Gasteiger partial charge is 0.493 e. The molecule has 2 heterocycles. The molecule has 6 heteroatoms. The van der Waals surface area contributed by atoms with Crippen LogP contribution in [0.5, 0.6) is 5.75 Å². The first kappa shape index (κ1) is 21.5. The van der Waals surface area contributed by atoms with E-state index in [2.05, 4.69) is 23.2 Å². The van der Waals surface area contributed by atoms with Crippen LogP contribution in [-0.4, -0.2) is 50.1 Å². The Morgan fingerprint density at radius 2 is 1.82 bits per heavy atom. The molecule has 1 amide bonds. The zero-order valence-electron chi connectivity index (χ0n) is 18.8. The van der Waals surface area contributed by atoms with Gasteiger partial charge in [0.2, 0.25) is 0 Å². The molecule has 1 N–H and O–H groups in total. The summed E-state index contributed by atoms with van der Waals surface area (Å²) in [4.78, 5) is 17.2.